The number of rotatable bonds is 5. The lowest BCUT2D eigenvalue weighted by Crippen LogP contribution is -2.21. The van der Waals surface area contributed by atoms with Crippen LogP contribution in [-0.2, 0) is 4.74 Å². The fraction of sp³-hybridized carbons (Fsp3) is 0.500. The maximum absolute atomic E-state index is 11.7. The average Bonchev–Trinajstić information content (AvgIpc) is 2.59. The highest BCUT2D eigenvalue weighted by molar-refractivity contribution is 7.18. The molecule has 0 saturated carbocycles. The zero-order valence-electron chi connectivity index (χ0n) is 9.74. The van der Waals surface area contributed by atoms with Gasteiger partial charge in [0.05, 0.1) is 17.3 Å². The number of hydrogen-bond acceptors (Lipinski definition) is 5. The lowest BCUT2D eigenvalue weighted by atomic mass is 10.3. The van der Waals surface area contributed by atoms with Gasteiger partial charge in [-0.25, -0.2) is 0 Å². The zero-order valence-corrected chi connectivity index (χ0v) is 10.6. The van der Waals surface area contributed by atoms with Gasteiger partial charge in [-0.15, -0.1) is 11.3 Å². The number of nitrogen functional groups attached to an aromatic ring is 1. The minimum absolute atomic E-state index is 0.0673. The van der Waals surface area contributed by atoms with Gasteiger partial charge in [-0.3, -0.25) is 4.79 Å². The van der Waals surface area contributed by atoms with Crippen LogP contribution in [0.25, 0.3) is 0 Å². The number of carbonyl (C=O) groups excluding carboxylic acids is 1. The summed E-state index contributed by atoms with van der Waals surface area (Å²) in [6.07, 6.45) is 0. The second-order valence-corrected chi connectivity index (χ2v) is 4.57. The fourth-order valence-electron chi connectivity index (χ4n) is 1.14. The average molecular weight is 243 g/mol. The summed E-state index contributed by atoms with van der Waals surface area (Å²) < 4.78 is 4.92. The molecule has 0 spiro atoms. The molecule has 0 aromatic carbocycles. The summed E-state index contributed by atoms with van der Waals surface area (Å²) in [7, 11) is 5.06. The van der Waals surface area contributed by atoms with E-state index in [0.717, 1.165) is 5.00 Å². The Morgan fingerprint density at radius 1 is 1.62 bits per heavy atom. The molecule has 0 saturated heterocycles. The molecule has 5 nitrogen and oxygen atoms in total. The monoisotopic (exact) mass is 243 g/mol. The predicted molar refractivity (Wildman–Crippen MR) is 67.1 cm³/mol. The van der Waals surface area contributed by atoms with E-state index >= 15 is 0 Å². The van der Waals surface area contributed by atoms with Crippen molar-refractivity contribution in [2.45, 2.75) is 0 Å². The van der Waals surface area contributed by atoms with Crippen LogP contribution in [0.3, 0.4) is 0 Å². The molecule has 0 bridgehead atoms. The van der Waals surface area contributed by atoms with Crippen LogP contribution in [0.4, 0.5) is 10.7 Å². The minimum atomic E-state index is -0.0673. The van der Waals surface area contributed by atoms with Crippen LogP contribution < -0.4 is 11.1 Å². The predicted octanol–water partition coefficient (Wildman–Crippen LogP) is 1.09. The standard InChI is InChI=1S/C10H17N3O2S/c1-13(2)10(14)9-7(11)6-8(16-9)12-4-5-15-3/h6,12H,4-5,11H2,1-3H3. The smallest absolute Gasteiger partial charge is 0.265 e. The van der Waals surface area contributed by atoms with Gasteiger partial charge in [-0.05, 0) is 6.07 Å². The molecule has 0 atom stereocenters. The van der Waals surface area contributed by atoms with Gasteiger partial charge in [0.15, 0.2) is 0 Å². The van der Waals surface area contributed by atoms with Gasteiger partial charge in [0.1, 0.15) is 4.88 Å². The Hall–Kier alpha value is -1.27. The topological polar surface area (TPSA) is 67.6 Å². The summed E-state index contributed by atoms with van der Waals surface area (Å²) in [6.45, 7) is 1.32. The molecule has 6 heteroatoms. The van der Waals surface area contributed by atoms with Gasteiger partial charge in [0.25, 0.3) is 5.91 Å². The number of carbonyl (C=O) groups is 1. The first-order chi connectivity index (χ1) is 7.56. The highest BCUT2D eigenvalue weighted by atomic mass is 32.1. The fourth-order valence-corrected chi connectivity index (χ4v) is 2.17. The van der Waals surface area contributed by atoms with Crippen LogP contribution in [0.15, 0.2) is 6.07 Å². The summed E-state index contributed by atoms with van der Waals surface area (Å²) in [5.41, 5.74) is 6.29. The Morgan fingerprint density at radius 2 is 2.31 bits per heavy atom. The Morgan fingerprint density at radius 3 is 2.88 bits per heavy atom. The van der Waals surface area contributed by atoms with Crippen molar-refractivity contribution in [3.63, 3.8) is 0 Å². The first-order valence-electron chi connectivity index (χ1n) is 4.90. The van der Waals surface area contributed by atoms with E-state index in [-0.39, 0.29) is 5.91 Å². The van der Waals surface area contributed by atoms with Crippen molar-refractivity contribution in [2.24, 2.45) is 0 Å². The van der Waals surface area contributed by atoms with Crippen molar-refractivity contribution in [2.75, 3.05) is 45.4 Å². The van der Waals surface area contributed by atoms with Crippen molar-refractivity contribution in [1.29, 1.82) is 0 Å². The molecule has 90 valence electrons. The van der Waals surface area contributed by atoms with Crippen LogP contribution in [0.2, 0.25) is 0 Å². The molecule has 0 radical (unpaired) electrons. The Balaban J connectivity index is 2.70. The molecular weight excluding hydrogens is 226 g/mol. The van der Waals surface area contributed by atoms with Gasteiger partial charge < -0.3 is 20.7 Å². The van der Waals surface area contributed by atoms with Gasteiger partial charge in [0.2, 0.25) is 0 Å². The molecule has 1 aromatic heterocycles. The number of ether oxygens (including phenoxy) is 1. The van der Waals surface area contributed by atoms with E-state index in [9.17, 15) is 4.79 Å². The second-order valence-electron chi connectivity index (χ2n) is 3.51. The molecule has 16 heavy (non-hydrogen) atoms. The van der Waals surface area contributed by atoms with Crippen molar-refractivity contribution in [3.05, 3.63) is 10.9 Å². The molecule has 0 aliphatic heterocycles. The number of amides is 1. The maximum atomic E-state index is 11.7. The molecule has 1 rings (SSSR count). The van der Waals surface area contributed by atoms with Crippen LogP contribution >= 0.6 is 11.3 Å². The molecule has 0 fully saturated rings. The summed E-state index contributed by atoms with van der Waals surface area (Å²) >= 11 is 1.36. The largest absolute Gasteiger partial charge is 0.397 e. The van der Waals surface area contributed by atoms with E-state index < -0.39 is 0 Å². The zero-order chi connectivity index (χ0) is 12.1. The Labute approximate surface area is 99.2 Å². The number of nitrogens with two attached hydrogens (primary N) is 1. The molecule has 1 aromatic rings. The molecule has 0 aliphatic rings. The molecular formula is C10H17N3O2S. The third kappa shape index (κ3) is 3.11. The molecule has 1 heterocycles. The summed E-state index contributed by atoms with van der Waals surface area (Å²) in [5.74, 6) is -0.0673. The number of methoxy groups -OCH3 is 1. The normalized spacial score (nSPS) is 10.2. The second kappa shape index (κ2) is 5.72. The van der Waals surface area contributed by atoms with Crippen molar-refractivity contribution >= 4 is 27.9 Å². The molecule has 1 amide bonds. The molecule has 0 aliphatic carbocycles. The molecule has 0 unspecified atom stereocenters. The third-order valence-electron chi connectivity index (χ3n) is 1.97. The van der Waals surface area contributed by atoms with E-state index in [1.54, 1.807) is 27.3 Å². The van der Waals surface area contributed by atoms with Gasteiger partial charge in [-0.1, -0.05) is 0 Å². The minimum Gasteiger partial charge on any atom is -0.397 e. The number of nitrogens with zero attached hydrogens (tertiary/aromatic N) is 1. The van der Waals surface area contributed by atoms with Crippen LogP contribution in [0, 0.1) is 0 Å². The first-order valence-corrected chi connectivity index (χ1v) is 5.71. The Bertz CT molecular complexity index is 363. The lowest BCUT2D eigenvalue weighted by molar-refractivity contribution is 0.0833. The van der Waals surface area contributed by atoms with Crippen molar-refractivity contribution in [3.8, 4) is 0 Å². The number of anilines is 2. The maximum Gasteiger partial charge on any atom is 0.265 e. The van der Waals surface area contributed by atoms with E-state index in [4.69, 9.17) is 10.5 Å². The van der Waals surface area contributed by atoms with Crippen molar-refractivity contribution < 1.29 is 9.53 Å². The quantitative estimate of drug-likeness (QED) is 0.760. The Kier molecular flexibility index (Phi) is 4.57. The number of thiophene rings is 1. The van der Waals surface area contributed by atoms with E-state index in [1.165, 1.54) is 16.2 Å². The van der Waals surface area contributed by atoms with E-state index in [1.807, 2.05) is 0 Å². The van der Waals surface area contributed by atoms with Crippen LogP contribution in [-0.4, -0.2) is 45.2 Å². The number of hydrogen-bond donors (Lipinski definition) is 2. The van der Waals surface area contributed by atoms with Gasteiger partial charge in [-0.2, -0.15) is 0 Å². The summed E-state index contributed by atoms with van der Waals surface area (Å²) in [5, 5.41) is 4.03. The van der Waals surface area contributed by atoms with E-state index in [2.05, 4.69) is 5.32 Å². The summed E-state index contributed by atoms with van der Waals surface area (Å²) in [4.78, 5) is 13.8. The number of nitrogens with one attached hydrogen (secondary N) is 1. The van der Waals surface area contributed by atoms with Crippen LogP contribution in [0.5, 0.6) is 0 Å². The van der Waals surface area contributed by atoms with Crippen molar-refractivity contribution in [1.82, 2.24) is 4.90 Å². The highest BCUT2D eigenvalue weighted by Gasteiger charge is 2.15. The van der Waals surface area contributed by atoms with Crippen LogP contribution in [0.1, 0.15) is 9.67 Å². The SMILES string of the molecule is COCCNc1cc(N)c(C(=O)N(C)C)s1. The highest BCUT2D eigenvalue weighted by Crippen LogP contribution is 2.29. The lowest BCUT2D eigenvalue weighted by Gasteiger charge is -2.08. The first kappa shape index (κ1) is 12.8. The summed E-state index contributed by atoms with van der Waals surface area (Å²) in [6, 6.07) is 1.77. The van der Waals surface area contributed by atoms with Gasteiger partial charge >= 0.3 is 0 Å². The molecule has 3 N–H and O–H groups in total. The third-order valence-corrected chi connectivity index (χ3v) is 3.06. The van der Waals surface area contributed by atoms with Gasteiger partial charge in [0, 0.05) is 27.7 Å². The van der Waals surface area contributed by atoms with E-state index in [0.29, 0.717) is 23.7 Å².